The zero-order chi connectivity index (χ0) is 24.2. The minimum Gasteiger partial charge on any atom is -0.406 e. The van der Waals surface area contributed by atoms with E-state index in [0.29, 0.717) is 11.3 Å². The number of aryl methyl sites for hydroxylation is 2. The van der Waals surface area contributed by atoms with Gasteiger partial charge in [0.15, 0.2) is 0 Å². The molecule has 0 bridgehead atoms. The van der Waals surface area contributed by atoms with E-state index >= 15 is 0 Å². The van der Waals surface area contributed by atoms with E-state index < -0.39 is 34.6 Å². The second kappa shape index (κ2) is 9.53. The van der Waals surface area contributed by atoms with Gasteiger partial charge < -0.3 is 10.1 Å². The fraction of sp³-hybridized carbons (Fsp3) is 0.174. The molecule has 0 saturated carbocycles. The SMILES string of the molecule is Cc1ccc(S(=O)(=O)N(CC(=O)Nc2ccc(OC(F)(F)F)cc2)c2ccccc2C)cc1. The molecular weight excluding hydrogens is 457 g/mol. The smallest absolute Gasteiger partial charge is 0.406 e. The fourth-order valence-corrected chi connectivity index (χ4v) is 4.54. The first-order valence-corrected chi connectivity index (χ1v) is 11.2. The van der Waals surface area contributed by atoms with Crippen molar-refractivity contribution in [2.24, 2.45) is 0 Å². The molecule has 0 aromatic heterocycles. The maximum absolute atomic E-state index is 13.4. The van der Waals surface area contributed by atoms with Crippen molar-refractivity contribution in [3.63, 3.8) is 0 Å². The van der Waals surface area contributed by atoms with Crippen molar-refractivity contribution in [3.05, 3.63) is 83.9 Å². The highest BCUT2D eigenvalue weighted by Crippen LogP contribution is 2.27. The van der Waals surface area contributed by atoms with Crippen molar-refractivity contribution < 1.29 is 31.1 Å². The zero-order valence-electron chi connectivity index (χ0n) is 17.8. The van der Waals surface area contributed by atoms with Crippen LogP contribution in [0.4, 0.5) is 24.5 Å². The van der Waals surface area contributed by atoms with Crippen molar-refractivity contribution in [2.45, 2.75) is 25.1 Å². The molecule has 0 aliphatic rings. The Bertz CT molecular complexity index is 1230. The van der Waals surface area contributed by atoms with E-state index in [1.54, 1.807) is 43.3 Å². The standard InChI is InChI=1S/C23H21F3N2O4S/c1-16-7-13-20(14-8-16)33(30,31)28(21-6-4-3-5-17(21)2)15-22(29)27-18-9-11-19(12-10-18)32-23(24,25)26/h3-14H,15H2,1-2H3,(H,27,29). The molecule has 0 saturated heterocycles. The molecule has 33 heavy (non-hydrogen) atoms. The summed E-state index contributed by atoms with van der Waals surface area (Å²) in [5, 5.41) is 2.50. The maximum atomic E-state index is 13.4. The number of amides is 1. The van der Waals surface area contributed by atoms with Gasteiger partial charge in [-0.15, -0.1) is 13.2 Å². The Hall–Kier alpha value is -3.53. The van der Waals surface area contributed by atoms with Gasteiger partial charge in [0.1, 0.15) is 12.3 Å². The molecule has 3 aromatic rings. The van der Waals surface area contributed by atoms with Gasteiger partial charge in [-0.2, -0.15) is 0 Å². The average Bonchev–Trinajstić information content (AvgIpc) is 2.73. The number of ether oxygens (including phenoxy) is 1. The van der Waals surface area contributed by atoms with E-state index in [4.69, 9.17) is 0 Å². The number of benzene rings is 3. The summed E-state index contributed by atoms with van der Waals surface area (Å²) in [5.41, 5.74) is 2.05. The molecule has 0 radical (unpaired) electrons. The highest BCUT2D eigenvalue weighted by Gasteiger charge is 2.31. The molecule has 0 fully saturated rings. The van der Waals surface area contributed by atoms with Gasteiger partial charge in [0.2, 0.25) is 5.91 Å². The molecule has 0 unspecified atom stereocenters. The summed E-state index contributed by atoms with van der Waals surface area (Å²) in [6.45, 7) is 3.01. The Morgan fingerprint density at radius 1 is 0.939 bits per heavy atom. The molecule has 0 aliphatic heterocycles. The number of hydrogen-bond donors (Lipinski definition) is 1. The molecule has 1 N–H and O–H groups in total. The number of para-hydroxylation sites is 1. The number of carbonyl (C=O) groups excluding carboxylic acids is 1. The van der Waals surface area contributed by atoms with Crippen LogP contribution in [-0.4, -0.2) is 27.2 Å². The summed E-state index contributed by atoms with van der Waals surface area (Å²) in [7, 11) is -4.08. The molecule has 174 valence electrons. The molecular formula is C23H21F3N2O4S. The van der Waals surface area contributed by atoms with Crippen LogP contribution in [0.3, 0.4) is 0 Å². The average molecular weight is 478 g/mol. The van der Waals surface area contributed by atoms with Gasteiger partial charge in [-0.25, -0.2) is 8.42 Å². The van der Waals surface area contributed by atoms with E-state index in [2.05, 4.69) is 10.1 Å². The van der Waals surface area contributed by atoms with E-state index in [-0.39, 0.29) is 10.6 Å². The Balaban J connectivity index is 1.85. The summed E-state index contributed by atoms with van der Waals surface area (Å²) in [6, 6.07) is 17.5. The molecule has 0 heterocycles. The molecule has 10 heteroatoms. The van der Waals surface area contributed by atoms with Crippen LogP contribution >= 0.6 is 0 Å². The van der Waals surface area contributed by atoms with Gasteiger partial charge in [0, 0.05) is 5.69 Å². The number of halogens is 3. The van der Waals surface area contributed by atoms with E-state index in [0.717, 1.165) is 22.0 Å². The number of sulfonamides is 1. The lowest BCUT2D eigenvalue weighted by Crippen LogP contribution is -2.38. The van der Waals surface area contributed by atoms with Gasteiger partial charge >= 0.3 is 6.36 Å². The number of carbonyl (C=O) groups is 1. The molecule has 1 amide bonds. The van der Waals surface area contributed by atoms with Crippen LogP contribution < -0.4 is 14.4 Å². The van der Waals surface area contributed by atoms with E-state index in [1.165, 1.54) is 24.3 Å². The van der Waals surface area contributed by atoms with E-state index in [1.807, 2.05) is 6.92 Å². The third kappa shape index (κ3) is 6.26. The van der Waals surface area contributed by atoms with Crippen molar-refractivity contribution >= 4 is 27.3 Å². The number of anilines is 2. The summed E-state index contributed by atoms with van der Waals surface area (Å²) in [4.78, 5) is 12.8. The van der Waals surface area contributed by atoms with Gasteiger partial charge in [-0.1, -0.05) is 35.9 Å². The normalized spacial score (nSPS) is 11.7. The van der Waals surface area contributed by atoms with Gasteiger partial charge in [0.25, 0.3) is 10.0 Å². The monoisotopic (exact) mass is 478 g/mol. The number of nitrogens with zero attached hydrogens (tertiary/aromatic N) is 1. The second-order valence-corrected chi connectivity index (χ2v) is 9.09. The molecule has 0 atom stereocenters. The third-order valence-electron chi connectivity index (χ3n) is 4.65. The van der Waals surface area contributed by atoms with E-state index in [9.17, 15) is 26.4 Å². The van der Waals surface area contributed by atoms with Crippen LogP contribution in [0.5, 0.6) is 5.75 Å². The predicted octanol–water partition coefficient (Wildman–Crippen LogP) is 5.04. The molecule has 3 aromatic carbocycles. The summed E-state index contributed by atoms with van der Waals surface area (Å²) < 4.78 is 68.5. The first-order chi connectivity index (χ1) is 15.5. The fourth-order valence-electron chi connectivity index (χ4n) is 3.05. The Morgan fingerprint density at radius 2 is 1.55 bits per heavy atom. The van der Waals surface area contributed by atoms with Crippen molar-refractivity contribution in [3.8, 4) is 5.75 Å². The van der Waals surface area contributed by atoms with Crippen molar-refractivity contribution in [2.75, 3.05) is 16.2 Å². The molecule has 3 rings (SSSR count). The number of alkyl halides is 3. The molecule has 0 aliphatic carbocycles. The first-order valence-electron chi connectivity index (χ1n) is 9.76. The van der Waals surface area contributed by atoms with Crippen LogP contribution in [0.1, 0.15) is 11.1 Å². The highest BCUT2D eigenvalue weighted by atomic mass is 32.2. The summed E-state index contributed by atoms with van der Waals surface area (Å²) >= 11 is 0. The van der Waals surface area contributed by atoms with Gasteiger partial charge in [0.05, 0.1) is 10.6 Å². The van der Waals surface area contributed by atoms with Crippen LogP contribution in [0.15, 0.2) is 77.7 Å². The number of nitrogens with one attached hydrogen (secondary N) is 1. The quantitative estimate of drug-likeness (QED) is 0.517. The topological polar surface area (TPSA) is 75.7 Å². The third-order valence-corrected chi connectivity index (χ3v) is 6.43. The molecule has 0 spiro atoms. The Kier molecular flexibility index (Phi) is 6.97. The van der Waals surface area contributed by atoms with Crippen molar-refractivity contribution in [1.82, 2.24) is 0 Å². The van der Waals surface area contributed by atoms with Crippen LogP contribution in [0.2, 0.25) is 0 Å². The van der Waals surface area contributed by atoms with Crippen LogP contribution in [0.25, 0.3) is 0 Å². The minimum atomic E-state index is -4.83. The van der Waals surface area contributed by atoms with Gasteiger partial charge in [-0.05, 0) is 61.9 Å². The second-order valence-electron chi connectivity index (χ2n) is 7.23. The maximum Gasteiger partial charge on any atom is 0.573 e. The Labute approximate surface area is 189 Å². The van der Waals surface area contributed by atoms with Crippen LogP contribution in [0, 0.1) is 13.8 Å². The largest absolute Gasteiger partial charge is 0.573 e. The highest BCUT2D eigenvalue weighted by molar-refractivity contribution is 7.92. The Morgan fingerprint density at radius 3 is 2.12 bits per heavy atom. The van der Waals surface area contributed by atoms with Gasteiger partial charge in [-0.3, -0.25) is 9.10 Å². The summed E-state index contributed by atoms with van der Waals surface area (Å²) in [6.07, 6.45) is -4.83. The predicted molar refractivity (Wildman–Crippen MR) is 119 cm³/mol. The lowest BCUT2D eigenvalue weighted by Gasteiger charge is -2.25. The first kappa shape index (κ1) is 24.1. The van der Waals surface area contributed by atoms with Crippen LogP contribution in [-0.2, 0) is 14.8 Å². The van der Waals surface area contributed by atoms with Crippen molar-refractivity contribution in [1.29, 1.82) is 0 Å². The number of rotatable bonds is 7. The zero-order valence-corrected chi connectivity index (χ0v) is 18.6. The lowest BCUT2D eigenvalue weighted by molar-refractivity contribution is -0.274. The lowest BCUT2D eigenvalue weighted by atomic mass is 10.2. The molecule has 6 nitrogen and oxygen atoms in total. The number of hydrogen-bond acceptors (Lipinski definition) is 4. The summed E-state index contributed by atoms with van der Waals surface area (Å²) in [5.74, 6) is -1.11. The minimum absolute atomic E-state index is 0.0257.